The molecule has 0 bridgehead atoms. The van der Waals surface area contributed by atoms with Crippen molar-refractivity contribution in [3.63, 3.8) is 0 Å². The Morgan fingerprint density at radius 1 is 1.42 bits per heavy atom. The summed E-state index contributed by atoms with van der Waals surface area (Å²) in [5.74, 6) is -0.195. The molecule has 3 rings (SSSR count). The number of nitrogens with one attached hydrogen (secondary N) is 1. The molecule has 0 saturated carbocycles. The molecule has 1 aromatic heterocycles. The van der Waals surface area contributed by atoms with Crippen molar-refractivity contribution in [3.8, 4) is 5.75 Å². The SMILES string of the molecule is O=C(O)c1cnc(C2Cc3ccccc3O2)[nH]c1=O. The standard InChI is InChI=1S/C13H10N2O4/c16-12-8(13(17)18)6-14-11(15-12)10-5-7-3-1-2-4-9(7)19-10/h1-4,6,10H,5H2,(H,17,18)(H,14,15,16). The van der Waals surface area contributed by atoms with Gasteiger partial charge in [-0.25, -0.2) is 9.78 Å². The van der Waals surface area contributed by atoms with Gasteiger partial charge in [0.25, 0.3) is 5.56 Å². The zero-order valence-corrected chi connectivity index (χ0v) is 9.79. The number of benzene rings is 1. The lowest BCUT2D eigenvalue weighted by molar-refractivity contribution is 0.0694. The first-order valence-corrected chi connectivity index (χ1v) is 5.72. The van der Waals surface area contributed by atoms with E-state index >= 15 is 0 Å². The number of aromatic amines is 1. The Morgan fingerprint density at radius 3 is 2.89 bits per heavy atom. The number of hydrogen-bond acceptors (Lipinski definition) is 4. The lowest BCUT2D eigenvalue weighted by Gasteiger charge is -2.09. The summed E-state index contributed by atoms with van der Waals surface area (Å²) in [6.45, 7) is 0. The minimum absolute atomic E-state index is 0.339. The summed E-state index contributed by atoms with van der Waals surface area (Å²) in [5.41, 5.74) is -0.00576. The highest BCUT2D eigenvalue weighted by Gasteiger charge is 2.26. The third-order valence-corrected chi connectivity index (χ3v) is 3.00. The average molecular weight is 258 g/mol. The quantitative estimate of drug-likeness (QED) is 0.842. The molecule has 1 unspecified atom stereocenters. The molecule has 96 valence electrons. The van der Waals surface area contributed by atoms with Crippen molar-refractivity contribution in [2.24, 2.45) is 0 Å². The van der Waals surface area contributed by atoms with Gasteiger partial charge in [0.05, 0.1) is 0 Å². The van der Waals surface area contributed by atoms with Crippen LogP contribution in [-0.2, 0) is 6.42 Å². The van der Waals surface area contributed by atoms with Gasteiger partial charge in [0, 0.05) is 12.6 Å². The van der Waals surface area contributed by atoms with Gasteiger partial charge in [-0.15, -0.1) is 0 Å². The van der Waals surface area contributed by atoms with Crippen LogP contribution in [0, 0.1) is 0 Å². The van der Waals surface area contributed by atoms with Crippen LogP contribution in [-0.4, -0.2) is 21.0 Å². The number of carboxylic acids is 1. The normalized spacial score (nSPS) is 16.7. The van der Waals surface area contributed by atoms with Crippen molar-refractivity contribution in [1.29, 1.82) is 0 Å². The van der Waals surface area contributed by atoms with Crippen molar-refractivity contribution in [2.75, 3.05) is 0 Å². The molecule has 1 aliphatic rings. The number of carboxylic acid groups (broad SMARTS) is 1. The highest BCUT2D eigenvalue weighted by Crippen LogP contribution is 2.34. The van der Waals surface area contributed by atoms with Gasteiger partial charge in [-0.3, -0.25) is 4.79 Å². The van der Waals surface area contributed by atoms with Crippen molar-refractivity contribution < 1.29 is 14.6 Å². The second-order valence-electron chi connectivity index (χ2n) is 4.23. The fourth-order valence-electron chi connectivity index (χ4n) is 2.06. The number of aromatic carboxylic acids is 1. The van der Waals surface area contributed by atoms with Gasteiger partial charge in [0.2, 0.25) is 0 Å². The van der Waals surface area contributed by atoms with Crippen LogP contribution in [0.25, 0.3) is 0 Å². The number of H-pyrrole nitrogens is 1. The zero-order valence-electron chi connectivity index (χ0n) is 9.79. The maximum Gasteiger partial charge on any atom is 0.342 e. The fourth-order valence-corrected chi connectivity index (χ4v) is 2.06. The minimum atomic E-state index is -1.30. The summed E-state index contributed by atoms with van der Waals surface area (Å²) in [6.07, 6.45) is 1.28. The maximum atomic E-state index is 11.6. The van der Waals surface area contributed by atoms with Gasteiger partial charge >= 0.3 is 5.97 Å². The topological polar surface area (TPSA) is 92.3 Å². The molecule has 19 heavy (non-hydrogen) atoms. The summed E-state index contributed by atoms with van der Waals surface area (Å²) in [7, 11) is 0. The van der Waals surface area contributed by atoms with E-state index in [-0.39, 0.29) is 11.7 Å². The van der Waals surface area contributed by atoms with Crippen LogP contribution in [0.5, 0.6) is 5.75 Å². The molecule has 0 saturated heterocycles. The molecule has 0 spiro atoms. The Balaban J connectivity index is 1.92. The molecule has 0 radical (unpaired) electrons. The molecule has 1 aliphatic heterocycles. The van der Waals surface area contributed by atoms with Crippen LogP contribution in [0.2, 0.25) is 0 Å². The Hall–Kier alpha value is -2.63. The molecule has 2 aromatic rings. The molecular weight excluding hydrogens is 248 g/mol. The molecule has 1 atom stereocenters. The molecule has 0 amide bonds. The number of hydrogen-bond donors (Lipinski definition) is 2. The number of aromatic nitrogens is 2. The molecule has 2 heterocycles. The van der Waals surface area contributed by atoms with E-state index in [4.69, 9.17) is 9.84 Å². The van der Waals surface area contributed by atoms with Gasteiger partial charge in [-0.2, -0.15) is 0 Å². The van der Waals surface area contributed by atoms with Crippen molar-refractivity contribution in [3.05, 3.63) is 57.8 Å². The van der Waals surface area contributed by atoms with Gasteiger partial charge in [-0.1, -0.05) is 18.2 Å². The highest BCUT2D eigenvalue weighted by atomic mass is 16.5. The van der Waals surface area contributed by atoms with Crippen molar-refractivity contribution >= 4 is 5.97 Å². The molecule has 6 heteroatoms. The monoisotopic (exact) mass is 258 g/mol. The third-order valence-electron chi connectivity index (χ3n) is 3.00. The number of ether oxygens (including phenoxy) is 1. The van der Waals surface area contributed by atoms with Crippen molar-refractivity contribution in [1.82, 2.24) is 9.97 Å². The molecule has 1 aromatic carbocycles. The summed E-state index contributed by atoms with van der Waals surface area (Å²) in [4.78, 5) is 28.7. The molecular formula is C13H10N2O4. The fraction of sp³-hybridized carbons (Fsp3) is 0.154. The lowest BCUT2D eigenvalue weighted by atomic mass is 10.1. The highest BCUT2D eigenvalue weighted by molar-refractivity contribution is 5.86. The van der Waals surface area contributed by atoms with E-state index in [1.54, 1.807) is 0 Å². The summed E-state index contributed by atoms with van der Waals surface area (Å²) >= 11 is 0. The van der Waals surface area contributed by atoms with E-state index in [9.17, 15) is 9.59 Å². The van der Waals surface area contributed by atoms with Gasteiger partial charge in [0.15, 0.2) is 6.10 Å². The Labute approximate surface area is 107 Å². The van der Waals surface area contributed by atoms with E-state index in [2.05, 4.69) is 9.97 Å². The Morgan fingerprint density at radius 2 is 2.21 bits per heavy atom. The smallest absolute Gasteiger partial charge is 0.342 e. The largest absolute Gasteiger partial charge is 0.482 e. The summed E-state index contributed by atoms with van der Waals surface area (Å²) < 4.78 is 5.67. The predicted molar refractivity (Wildman–Crippen MR) is 65.3 cm³/mol. The maximum absolute atomic E-state index is 11.6. The van der Waals surface area contributed by atoms with Gasteiger partial charge in [-0.05, 0) is 11.6 Å². The number of para-hydroxylation sites is 1. The minimum Gasteiger partial charge on any atom is -0.482 e. The van der Waals surface area contributed by atoms with Crippen LogP contribution < -0.4 is 10.3 Å². The van der Waals surface area contributed by atoms with Crippen LogP contribution in [0.15, 0.2) is 35.3 Å². The molecule has 6 nitrogen and oxygen atoms in total. The first-order chi connectivity index (χ1) is 9.15. The Kier molecular flexibility index (Phi) is 2.56. The number of carbonyl (C=O) groups is 1. The van der Waals surface area contributed by atoms with E-state index in [0.717, 1.165) is 17.5 Å². The predicted octanol–water partition coefficient (Wildman–Crippen LogP) is 1.14. The zero-order chi connectivity index (χ0) is 13.4. The van der Waals surface area contributed by atoms with E-state index in [0.29, 0.717) is 12.2 Å². The second-order valence-corrected chi connectivity index (χ2v) is 4.23. The number of fused-ring (bicyclic) bond motifs is 1. The van der Waals surface area contributed by atoms with Crippen molar-refractivity contribution in [2.45, 2.75) is 12.5 Å². The molecule has 0 aliphatic carbocycles. The van der Waals surface area contributed by atoms with E-state index in [1.165, 1.54) is 0 Å². The van der Waals surface area contributed by atoms with E-state index in [1.807, 2.05) is 24.3 Å². The van der Waals surface area contributed by atoms with Crippen LogP contribution in [0.4, 0.5) is 0 Å². The second kappa shape index (κ2) is 4.24. The van der Waals surface area contributed by atoms with Crippen LogP contribution >= 0.6 is 0 Å². The van der Waals surface area contributed by atoms with Gasteiger partial charge < -0.3 is 14.8 Å². The van der Waals surface area contributed by atoms with Crippen LogP contribution in [0.1, 0.15) is 27.8 Å². The van der Waals surface area contributed by atoms with Crippen LogP contribution in [0.3, 0.4) is 0 Å². The molecule has 0 fully saturated rings. The first kappa shape index (κ1) is 11.5. The summed E-state index contributed by atoms with van der Waals surface area (Å²) in [6, 6.07) is 7.57. The average Bonchev–Trinajstić information content (AvgIpc) is 2.81. The number of rotatable bonds is 2. The molecule has 2 N–H and O–H groups in total. The van der Waals surface area contributed by atoms with Gasteiger partial charge in [0.1, 0.15) is 17.1 Å². The lowest BCUT2D eigenvalue weighted by Crippen LogP contribution is -2.22. The first-order valence-electron chi connectivity index (χ1n) is 5.72. The Bertz CT molecular complexity index is 683. The summed E-state index contributed by atoms with van der Waals surface area (Å²) in [5, 5.41) is 8.77. The third kappa shape index (κ3) is 1.97. The van der Waals surface area contributed by atoms with E-state index < -0.39 is 11.5 Å². The number of nitrogens with zero attached hydrogens (tertiary/aromatic N) is 1.